The maximum Gasteiger partial charge on any atom is 0.123 e. The Morgan fingerprint density at radius 3 is 2.70 bits per heavy atom. The summed E-state index contributed by atoms with van der Waals surface area (Å²) in [4.78, 5) is 0. The minimum absolute atomic E-state index is 0.149. The molecule has 0 fully saturated rings. The lowest BCUT2D eigenvalue weighted by atomic mass is 9.96. The van der Waals surface area contributed by atoms with Crippen molar-refractivity contribution >= 4 is 0 Å². The van der Waals surface area contributed by atoms with Crippen LogP contribution >= 0.6 is 0 Å². The second-order valence-electron chi connectivity index (χ2n) is 5.68. The first kappa shape index (κ1) is 13.2. The van der Waals surface area contributed by atoms with Gasteiger partial charge in [-0.25, -0.2) is 0 Å². The van der Waals surface area contributed by atoms with Gasteiger partial charge >= 0.3 is 0 Å². The highest BCUT2D eigenvalue weighted by molar-refractivity contribution is 5.37. The van der Waals surface area contributed by atoms with E-state index in [1.165, 1.54) is 16.7 Å². The zero-order valence-electron chi connectivity index (χ0n) is 11.9. The fourth-order valence-corrected chi connectivity index (χ4v) is 2.93. The molecule has 0 saturated carbocycles. The van der Waals surface area contributed by atoms with Gasteiger partial charge in [0.15, 0.2) is 0 Å². The number of para-hydroxylation sites is 1. The van der Waals surface area contributed by atoms with Gasteiger partial charge < -0.3 is 10.5 Å². The number of benzene rings is 2. The summed E-state index contributed by atoms with van der Waals surface area (Å²) in [5, 5.41) is 0. The van der Waals surface area contributed by atoms with Crippen LogP contribution in [0.2, 0.25) is 0 Å². The molecule has 0 saturated heterocycles. The minimum atomic E-state index is 0.149. The molecule has 104 valence electrons. The molecule has 0 amide bonds. The van der Waals surface area contributed by atoms with Crippen molar-refractivity contribution in [1.29, 1.82) is 0 Å². The first-order chi connectivity index (χ1) is 9.72. The fourth-order valence-electron chi connectivity index (χ4n) is 2.93. The summed E-state index contributed by atoms with van der Waals surface area (Å²) in [6.45, 7) is 2.14. The normalized spacial score (nSPS) is 18.4. The van der Waals surface area contributed by atoms with Gasteiger partial charge in [0, 0.05) is 18.9 Å². The van der Waals surface area contributed by atoms with E-state index in [-0.39, 0.29) is 12.1 Å². The van der Waals surface area contributed by atoms with Crippen LogP contribution in [0.3, 0.4) is 0 Å². The van der Waals surface area contributed by atoms with Crippen molar-refractivity contribution in [2.24, 2.45) is 5.73 Å². The zero-order valence-corrected chi connectivity index (χ0v) is 11.9. The fraction of sp³-hybridized carbons (Fsp3) is 0.333. The van der Waals surface area contributed by atoms with Crippen LogP contribution in [0, 0.1) is 6.92 Å². The SMILES string of the molecule is Cc1ccccc1CC(N)CC1Cc2ccccc2O1. The first-order valence-corrected chi connectivity index (χ1v) is 7.27. The van der Waals surface area contributed by atoms with E-state index in [1.54, 1.807) is 0 Å². The van der Waals surface area contributed by atoms with Gasteiger partial charge in [0.05, 0.1) is 0 Å². The lowest BCUT2D eigenvalue weighted by Gasteiger charge is -2.17. The molecule has 0 radical (unpaired) electrons. The quantitative estimate of drug-likeness (QED) is 0.923. The highest BCUT2D eigenvalue weighted by Crippen LogP contribution is 2.30. The Bertz CT molecular complexity index is 568. The summed E-state index contributed by atoms with van der Waals surface area (Å²) >= 11 is 0. The lowest BCUT2D eigenvalue weighted by molar-refractivity contribution is 0.210. The molecule has 2 N–H and O–H groups in total. The van der Waals surface area contributed by atoms with Crippen molar-refractivity contribution in [3.63, 3.8) is 0 Å². The van der Waals surface area contributed by atoms with E-state index in [9.17, 15) is 0 Å². The molecule has 0 spiro atoms. The van der Waals surface area contributed by atoms with E-state index >= 15 is 0 Å². The third-order valence-electron chi connectivity index (χ3n) is 4.02. The maximum absolute atomic E-state index is 6.31. The molecular weight excluding hydrogens is 246 g/mol. The molecule has 1 aliphatic rings. The van der Waals surface area contributed by atoms with Gasteiger partial charge in [0.1, 0.15) is 11.9 Å². The molecule has 0 aliphatic carbocycles. The molecule has 2 aromatic rings. The number of nitrogens with two attached hydrogens (primary N) is 1. The Hall–Kier alpha value is -1.80. The van der Waals surface area contributed by atoms with Crippen LogP contribution in [0.5, 0.6) is 5.75 Å². The van der Waals surface area contributed by atoms with Gasteiger partial charge in [-0.3, -0.25) is 0 Å². The third-order valence-corrected chi connectivity index (χ3v) is 4.02. The molecule has 2 nitrogen and oxygen atoms in total. The first-order valence-electron chi connectivity index (χ1n) is 7.27. The van der Waals surface area contributed by atoms with E-state index in [1.807, 2.05) is 12.1 Å². The second-order valence-corrected chi connectivity index (χ2v) is 5.68. The summed E-state index contributed by atoms with van der Waals surface area (Å²) < 4.78 is 5.97. The van der Waals surface area contributed by atoms with Gasteiger partial charge in [-0.1, -0.05) is 42.5 Å². The van der Waals surface area contributed by atoms with Crippen molar-refractivity contribution in [2.75, 3.05) is 0 Å². The number of rotatable bonds is 4. The van der Waals surface area contributed by atoms with Crippen LogP contribution in [-0.2, 0) is 12.8 Å². The molecule has 2 heteroatoms. The largest absolute Gasteiger partial charge is 0.490 e. The Labute approximate surface area is 120 Å². The summed E-state index contributed by atoms with van der Waals surface area (Å²) in [6.07, 6.45) is 3.04. The van der Waals surface area contributed by atoms with Crippen LogP contribution in [-0.4, -0.2) is 12.1 Å². The Morgan fingerprint density at radius 1 is 1.15 bits per heavy atom. The third kappa shape index (κ3) is 2.86. The van der Waals surface area contributed by atoms with Crippen molar-refractivity contribution in [1.82, 2.24) is 0 Å². The minimum Gasteiger partial charge on any atom is -0.490 e. The number of aryl methyl sites for hydroxylation is 1. The summed E-state index contributed by atoms with van der Waals surface area (Å²) in [6, 6.07) is 16.9. The Morgan fingerprint density at radius 2 is 1.90 bits per heavy atom. The average Bonchev–Trinajstić information content (AvgIpc) is 2.83. The van der Waals surface area contributed by atoms with Gasteiger partial charge in [-0.05, 0) is 36.1 Å². The number of fused-ring (bicyclic) bond motifs is 1. The van der Waals surface area contributed by atoms with Crippen LogP contribution in [0.4, 0.5) is 0 Å². The van der Waals surface area contributed by atoms with E-state index in [2.05, 4.69) is 43.3 Å². The van der Waals surface area contributed by atoms with Crippen LogP contribution in [0.15, 0.2) is 48.5 Å². The molecule has 20 heavy (non-hydrogen) atoms. The Kier molecular flexibility index (Phi) is 3.75. The molecule has 2 unspecified atom stereocenters. The molecular formula is C18H21NO. The predicted molar refractivity (Wildman–Crippen MR) is 82.0 cm³/mol. The van der Waals surface area contributed by atoms with Gasteiger partial charge in [-0.15, -0.1) is 0 Å². The summed E-state index contributed by atoms with van der Waals surface area (Å²) in [5.41, 5.74) is 10.3. The van der Waals surface area contributed by atoms with E-state index in [4.69, 9.17) is 10.5 Å². The summed E-state index contributed by atoms with van der Waals surface area (Å²) in [5.74, 6) is 1.03. The number of hydrogen-bond donors (Lipinski definition) is 1. The zero-order chi connectivity index (χ0) is 13.9. The molecule has 1 aliphatic heterocycles. The number of ether oxygens (including phenoxy) is 1. The van der Waals surface area contributed by atoms with Gasteiger partial charge in [-0.2, -0.15) is 0 Å². The van der Waals surface area contributed by atoms with Crippen molar-refractivity contribution in [3.8, 4) is 5.75 Å². The molecule has 2 aromatic carbocycles. The highest BCUT2D eigenvalue weighted by Gasteiger charge is 2.24. The van der Waals surface area contributed by atoms with Gasteiger partial charge in [0.2, 0.25) is 0 Å². The van der Waals surface area contributed by atoms with Crippen LogP contribution in [0.25, 0.3) is 0 Å². The Balaban J connectivity index is 1.59. The van der Waals surface area contributed by atoms with E-state index < -0.39 is 0 Å². The number of hydrogen-bond acceptors (Lipinski definition) is 2. The maximum atomic E-state index is 6.31. The van der Waals surface area contributed by atoms with E-state index in [0.717, 1.165) is 25.0 Å². The van der Waals surface area contributed by atoms with Crippen LogP contribution in [0.1, 0.15) is 23.1 Å². The predicted octanol–water partition coefficient (Wildman–Crippen LogP) is 3.26. The van der Waals surface area contributed by atoms with Crippen molar-refractivity contribution in [3.05, 3.63) is 65.2 Å². The standard InChI is InChI=1S/C18H21NO/c1-13-6-2-3-7-14(13)10-16(19)12-17-11-15-8-4-5-9-18(15)20-17/h2-9,16-17H,10-12,19H2,1H3. The molecule has 2 atom stereocenters. The van der Waals surface area contributed by atoms with Crippen LogP contribution < -0.4 is 10.5 Å². The smallest absolute Gasteiger partial charge is 0.123 e. The molecule has 3 rings (SSSR count). The topological polar surface area (TPSA) is 35.2 Å². The average molecular weight is 267 g/mol. The van der Waals surface area contributed by atoms with Gasteiger partial charge in [0.25, 0.3) is 0 Å². The molecule has 1 heterocycles. The van der Waals surface area contributed by atoms with Crippen molar-refractivity contribution in [2.45, 2.75) is 38.3 Å². The lowest BCUT2D eigenvalue weighted by Crippen LogP contribution is -2.30. The second kappa shape index (κ2) is 5.68. The molecule has 0 bridgehead atoms. The summed E-state index contributed by atoms with van der Waals surface area (Å²) in [7, 11) is 0. The highest BCUT2D eigenvalue weighted by atomic mass is 16.5. The monoisotopic (exact) mass is 267 g/mol. The molecule has 0 aromatic heterocycles. The van der Waals surface area contributed by atoms with Crippen molar-refractivity contribution < 1.29 is 4.74 Å². The van der Waals surface area contributed by atoms with E-state index in [0.29, 0.717) is 0 Å².